The van der Waals surface area contributed by atoms with Crippen molar-refractivity contribution in [2.45, 2.75) is 36.8 Å². The largest absolute Gasteiger partial charge is 0.466 e. The number of nitriles is 1. The zero-order valence-corrected chi connectivity index (χ0v) is 16.6. The summed E-state index contributed by atoms with van der Waals surface area (Å²) < 4.78 is 31.2. The fraction of sp³-hybridized carbons (Fsp3) is 0.500. The molecule has 1 saturated carbocycles. The molecule has 1 aromatic carbocycles. The third-order valence-electron chi connectivity index (χ3n) is 4.67. The second-order valence-corrected chi connectivity index (χ2v) is 9.02. The van der Waals surface area contributed by atoms with Gasteiger partial charge in [-0.3, -0.25) is 9.59 Å². The summed E-state index contributed by atoms with van der Waals surface area (Å²) in [6.07, 6.45) is -0.0149. The first-order valence-corrected chi connectivity index (χ1v) is 10.5. The number of hydrogen-bond acceptors (Lipinski definition) is 6. The van der Waals surface area contributed by atoms with E-state index in [2.05, 4.69) is 5.32 Å². The lowest BCUT2D eigenvalue weighted by atomic mass is 9.95. The van der Waals surface area contributed by atoms with Gasteiger partial charge in [0, 0.05) is 5.02 Å². The van der Waals surface area contributed by atoms with E-state index in [1.165, 1.54) is 12.1 Å². The maximum absolute atomic E-state index is 13.1. The fourth-order valence-corrected chi connectivity index (χ4v) is 5.69. The summed E-state index contributed by atoms with van der Waals surface area (Å²) >= 11 is 5.90. The quantitative estimate of drug-likeness (QED) is 0.564. The molecule has 0 aliphatic heterocycles. The highest BCUT2D eigenvalue weighted by Crippen LogP contribution is 2.40. The maximum Gasteiger partial charge on any atom is 0.309 e. The maximum atomic E-state index is 13.1. The van der Waals surface area contributed by atoms with Gasteiger partial charge in [-0.25, -0.2) is 8.42 Å². The van der Waals surface area contributed by atoms with Gasteiger partial charge in [0.25, 0.3) is 0 Å². The van der Waals surface area contributed by atoms with Crippen molar-refractivity contribution in [3.8, 4) is 6.07 Å². The van der Waals surface area contributed by atoms with Crippen LogP contribution in [0.5, 0.6) is 0 Å². The first-order valence-electron chi connectivity index (χ1n) is 8.53. The van der Waals surface area contributed by atoms with Gasteiger partial charge in [0.2, 0.25) is 5.91 Å². The Bertz CT molecular complexity index is 878. The molecule has 0 heterocycles. The molecule has 1 N–H and O–H groups in total. The van der Waals surface area contributed by atoms with Crippen molar-refractivity contribution in [2.24, 2.45) is 11.8 Å². The Balaban J connectivity index is 2.33. The van der Waals surface area contributed by atoms with Gasteiger partial charge < -0.3 is 10.1 Å². The molecule has 0 aromatic heterocycles. The highest BCUT2D eigenvalue weighted by atomic mass is 35.5. The summed E-state index contributed by atoms with van der Waals surface area (Å²) in [5, 5.41) is 10.6. The van der Waals surface area contributed by atoms with Crippen LogP contribution >= 0.6 is 11.6 Å². The van der Waals surface area contributed by atoms with Gasteiger partial charge in [-0.15, -0.1) is 0 Å². The minimum absolute atomic E-state index is 0.00608. The molecule has 3 atom stereocenters. The molecule has 0 radical (unpaired) electrons. The van der Waals surface area contributed by atoms with Gasteiger partial charge in [0.1, 0.15) is 6.54 Å². The van der Waals surface area contributed by atoms with E-state index in [0.29, 0.717) is 10.6 Å². The minimum atomic E-state index is -3.77. The van der Waals surface area contributed by atoms with E-state index in [1.807, 2.05) is 0 Å². The third kappa shape index (κ3) is 4.60. The molecular weight excluding hydrogens is 392 g/mol. The Kier molecular flexibility index (Phi) is 6.84. The number of amides is 1. The van der Waals surface area contributed by atoms with E-state index < -0.39 is 38.8 Å². The molecule has 1 aliphatic carbocycles. The number of nitrogens with zero attached hydrogens (tertiary/aromatic N) is 1. The van der Waals surface area contributed by atoms with Gasteiger partial charge in [-0.2, -0.15) is 5.26 Å². The van der Waals surface area contributed by atoms with Crippen LogP contribution in [0.15, 0.2) is 23.1 Å². The standard InChI is InChI=1S/C18H21ClN2O5S/c1-3-26-18(23)15-10-13(9-14(15)17(22)21-7-6-20)27(24,25)16-5-4-12(19)8-11(16)2/h4-5,8,13-15H,3,7,9-10H2,1-2H3,(H,21,22)/t13-,14-,15-/m1/s1. The molecule has 9 heteroatoms. The molecule has 0 spiro atoms. The predicted molar refractivity (Wildman–Crippen MR) is 98.6 cm³/mol. The Morgan fingerprint density at radius 2 is 2.00 bits per heavy atom. The van der Waals surface area contributed by atoms with Crippen molar-refractivity contribution in [1.29, 1.82) is 5.26 Å². The van der Waals surface area contributed by atoms with Crippen LogP contribution in [0, 0.1) is 30.1 Å². The summed E-state index contributed by atoms with van der Waals surface area (Å²) in [6, 6.07) is 6.29. The van der Waals surface area contributed by atoms with Crippen molar-refractivity contribution in [3.63, 3.8) is 0 Å². The summed E-state index contributed by atoms with van der Waals surface area (Å²) in [5.41, 5.74) is 0.507. The smallest absolute Gasteiger partial charge is 0.309 e. The van der Waals surface area contributed by atoms with Gasteiger partial charge in [-0.1, -0.05) is 11.6 Å². The normalized spacial score (nSPS) is 22.1. The highest BCUT2D eigenvalue weighted by Gasteiger charge is 2.48. The SMILES string of the molecule is CCOC(=O)[C@@H]1C[C@H](S(=O)(=O)c2ccc(Cl)cc2C)C[C@H]1C(=O)NCC#N. The summed E-state index contributed by atoms with van der Waals surface area (Å²) in [4.78, 5) is 24.8. The average molecular weight is 413 g/mol. The van der Waals surface area contributed by atoms with Gasteiger partial charge in [0.05, 0.1) is 34.7 Å². The van der Waals surface area contributed by atoms with Crippen LogP contribution < -0.4 is 5.32 Å². The number of halogens is 1. The summed E-state index contributed by atoms with van der Waals surface area (Å²) in [6.45, 7) is 3.21. The molecular formula is C18H21ClN2O5S. The van der Waals surface area contributed by atoms with Crippen LogP contribution in [0.1, 0.15) is 25.3 Å². The van der Waals surface area contributed by atoms with Crippen LogP contribution in [0.25, 0.3) is 0 Å². The monoisotopic (exact) mass is 412 g/mol. The Labute approximate surface area is 163 Å². The molecule has 1 fully saturated rings. The van der Waals surface area contributed by atoms with Gasteiger partial charge in [-0.05, 0) is 50.5 Å². The number of hydrogen-bond donors (Lipinski definition) is 1. The number of benzene rings is 1. The van der Waals surface area contributed by atoms with Crippen LogP contribution in [0.4, 0.5) is 0 Å². The first kappa shape index (κ1) is 21.2. The molecule has 1 amide bonds. The number of esters is 1. The lowest BCUT2D eigenvalue weighted by Gasteiger charge is -2.16. The third-order valence-corrected chi connectivity index (χ3v) is 7.24. The molecule has 0 bridgehead atoms. The number of aryl methyl sites for hydroxylation is 1. The van der Waals surface area contributed by atoms with Crippen LogP contribution in [-0.4, -0.2) is 38.7 Å². The Morgan fingerprint density at radius 1 is 1.33 bits per heavy atom. The number of nitrogens with one attached hydrogen (secondary N) is 1. The molecule has 2 rings (SSSR count). The van der Waals surface area contributed by atoms with E-state index in [-0.39, 0.29) is 30.9 Å². The second kappa shape index (κ2) is 8.72. The van der Waals surface area contributed by atoms with Crippen molar-refractivity contribution in [2.75, 3.05) is 13.2 Å². The lowest BCUT2D eigenvalue weighted by Crippen LogP contribution is -2.36. The van der Waals surface area contributed by atoms with Crippen molar-refractivity contribution < 1.29 is 22.7 Å². The highest BCUT2D eigenvalue weighted by molar-refractivity contribution is 7.92. The van der Waals surface area contributed by atoms with Gasteiger partial charge in [0.15, 0.2) is 9.84 Å². The number of carbonyl (C=O) groups excluding carboxylic acids is 2. The predicted octanol–water partition coefficient (Wildman–Crippen LogP) is 2.02. The Morgan fingerprint density at radius 3 is 2.59 bits per heavy atom. The molecule has 1 aliphatic rings. The van der Waals surface area contributed by atoms with Crippen molar-refractivity contribution >= 4 is 33.3 Å². The van der Waals surface area contributed by atoms with E-state index in [0.717, 1.165) is 0 Å². The fourth-order valence-electron chi connectivity index (χ4n) is 3.41. The number of rotatable bonds is 6. The topological polar surface area (TPSA) is 113 Å². The Hall–Kier alpha value is -2.11. The minimum Gasteiger partial charge on any atom is -0.466 e. The van der Waals surface area contributed by atoms with E-state index in [1.54, 1.807) is 26.0 Å². The molecule has 0 saturated heterocycles. The van der Waals surface area contributed by atoms with Crippen LogP contribution in [0.2, 0.25) is 5.02 Å². The van der Waals surface area contributed by atoms with Crippen LogP contribution in [-0.2, 0) is 24.2 Å². The molecule has 0 unspecified atom stereocenters. The summed E-state index contributed by atoms with van der Waals surface area (Å²) in [7, 11) is -3.77. The van der Waals surface area contributed by atoms with E-state index in [9.17, 15) is 18.0 Å². The van der Waals surface area contributed by atoms with Crippen LogP contribution in [0.3, 0.4) is 0 Å². The van der Waals surface area contributed by atoms with E-state index in [4.69, 9.17) is 21.6 Å². The molecule has 1 aromatic rings. The molecule has 7 nitrogen and oxygen atoms in total. The number of carbonyl (C=O) groups is 2. The van der Waals surface area contributed by atoms with Crippen molar-refractivity contribution in [1.82, 2.24) is 5.32 Å². The number of ether oxygens (including phenoxy) is 1. The first-order chi connectivity index (χ1) is 12.7. The van der Waals surface area contributed by atoms with Gasteiger partial charge >= 0.3 is 5.97 Å². The second-order valence-electron chi connectivity index (χ2n) is 6.39. The zero-order chi connectivity index (χ0) is 20.2. The molecule has 27 heavy (non-hydrogen) atoms. The molecule has 146 valence electrons. The summed E-state index contributed by atoms with van der Waals surface area (Å²) in [5.74, 6) is -2.83. The number of sulfone groups is 1. The van der Waals surface area contributed by atoms with E-state index >= 15 is 0 Å². The zero-order valence-electron chi connectivity index (χ0n) is 15.1. The average Bonchev–Trinajstić information content (AvgIpc) is 3.06. The lowest BCUT2D eigenvalue weighted by molar-refractivity contribution is -0.151. The van der Waals surface area contributed by atoms with Crippen molar-refractivity contribution in [3.05, 3.63) is 28.8 Å².